The molecular formula is C11H17N7O. The Hall–Kier alpha value is -2.25. The fourth-order valence-corrected chi connectivity index (χ4v) is 1.53. The van der Waals surface area contributed by atoms with Crippen LogP contribution in [0, 0.1) is 0 Å². The highest BCUT2D eigenvalue weighted by Gasteiger charge is 2.07. The Kier molecular flexibility index (Phi) is 4.60. The fourth-order valence-electron chi connectivity index (χ4n) is 1.53. The molecule has 0 aliphatic rings. The second kappa shape index (κ2) is 6.62. The quantitative estimate of drug-likeness (QED) is 0.742. The molecule has 8 heteroatoms. The number of rotatable bonds is 7. The lowest BCUT2D eigenvalue weighted by molar-refractivity contribution is 0.281. The second-order valence-electron chi connectivity index (χ2n) is 4.03. The summed E-state index contributed by atoms with van der Waals surface area (Å²) in [5.41, 5.74) is 5.61. The van der Waals surface area contributed by atoms with Crippen molar-refractivity contribution in [3.8, 4) is 12.0 Å². The van der Waals surface area contributed by atoms with E-state index in [9.17, 15) is 0 Å². The predicted octanol–water partition coefficient (Wildman–Crippen LogP) is 0.994. The molecule has 0 amide bonds. The van der Waals surface area contributed by atoms with Gasteiger partial charge in [-0.2, -0.15) is 24.7 Å². The number of nitrogens with two attached hydrogens (primary N) is 1. The van der Waals surface area contributed by atoms with E-state index in [0.29, 0.717) is 12.6 Å². The van der Waals surface area contributed by atoms with Crippen molar-refractivity contribution in [3.05, 3.63) is 12.7 Å². The van der Waals surface area contributed by atoms with Gasteiger partial charge in [-0.1, -0.05) is 26.2 Å². The zero-order valence-electron chi connectivity index (χ0n) is 10.9. The molecule has 19 heavy (non-hydrogen) atoms. The van der Waals surface area contributed by atoms with Crippen LogP contribution >= 0.6 is 0 Å². The summed E-state index contributed by atoms with van der Waals surface area (Å²) in [7, 11) is 0. The van der Waals surface area contributed by atoms with Crippen molar-refractivity contribution in [2.24, 2.45) is 0 Å². The summed E-state index contributed by atoms with van der Waals surface area (Å²) < 4.78 is 6.87. The molecule has 0 radical (unpaired) electrons. The zero-order valence-corrected chi connectivity index (χ0v) is 10.9. The fraction of sp³-hybridized carbons (Fsp3) is 0.545. The molecule has 2 rings (SSSR count). The summed E-state index contributed by atoms with van der Waals surface area (Å²) in [5, 5.41) is 3.93. The SMILES string of the molecule is CCCCCCOc1nc(N)nc(-n2cncn2)n1. The van der Waals surface area contributed by atoms with Gasteiger partial charge in [0.25, 0.3) is 5.95 Å². The highest BCUT2D eigenvalue weighted by Crippen LogP contribution is 2.09. The minimum absolute atomic E-state index is 0.101. The van der Waals surface area contributed by atoms with Crippen LogP contribution in [0.15, 0.2) is 12.7 Å². The van der Waals surface area contributed by atoms with E-state index in [1.54, 1.807) is 0 Å². The van der Waals surface area contributed by atoms with E-state index in [1.165, 1.54) is 30.2 Å². The van der Waals surface area contributed by atoms with Crippen molar-refractivity contribution in [1.82, 2.24) is 29.7 Å². The van der Waals surface area contributed by atoms with Crippen molar-refractivity contribution in [1.29, 1.82) is 0 Å². The van der Waals surface area contributed by atoms with Crippen LogP contribution in [0.3, 0.4) is 0 Å². The first-order chi connectivity index (χ1) is 9.29. The Morgan fingerprint density at radius 2 is 2.11 bits per heavy atom. The maximum Gasteiger partial charge on any atom is 0.323 e. The topological polar surface area (TPSA) is 105 Å². The zero-order chi connectivity index (χ0) is 13.5. The number of anilines is 1. The molecule has 0 saturated heterocycles. The standard InChI is InChI=1S/C11H17N7O/c1-2-3-4-5-6-19-11-16-9(12)15-10(17-11)18-8-13-7-14-18/h7-8H,2-6H2,1H3,(H2,12,15,16,17). The number of aromatic nitrogens is 6. The van der Waals surface area contributed by atoms with Crippen molar-refractivity contribution in [3.63, 3.8) is 0 Å². The molecular weight excluding hydrogens is 246 g/mol. The Morgan fingerprint density at radius 3 is 2.84 bits per heavy atom. The molecule has 0 bridgehead atoms. The molecule has 8 nitrogen and oxygen atoms in total. The van der Waals surface area contributed by atoms with Crippen molar-refractivity contribution in [2.75, 3.05) is 12.3 Å². The van der Waals surface area contributed by atoms with Gasteiger partial charge in [0.05, 0.1) is 6.61 Å². The molecule has 0 unspecified atom stereocenters. The van der Waals surface area contributed by atoms with Gasteiger partial charge in [0.1, 0.15) is 12.7 Å². The van der Waals surface area contributed by atoms with Gasteiger partial charge in [-0.05, 0) is 6.42 Å². The Labute approximate surface area is 111 Å². The molecule has 2 aromatic heterocycles. The molecule has 0 saturated carbocycles. The number of nitrogen functional groups attached to an aromatic ring is 1. The van der Waals surface area contributed by atoms with Crippen LogP contribution in [-0.2, 0) is 0 Å². The molecule has 0 aliphatic heterocycles. The number of unbranched alkanes of at least 4 members (excludes halogenated alkanes) is 3. The number of hydrogen-bond acceptors (Lipinski definition) is 7. The Balaban J connectivity index is 1.97. The molecule has 2 heterocycles. The minimum atomic E-state index is 0.101. The van der Waals surface area contributed by atoms with Gasteiger partial charge in [0, 0.05) is 0 Å². The van der Waals surface area contributed by atoms with Crippen LogP contribution < -0.4 is 10.5 Å². The van der Waals surface area contributed by atoms with Gasteiger partial charge in [0.15, 0.2) is 0 Å². The molecule has 2 aromatic rings. The third-order valence-corrected chi connectivity index (χ3v) is 2.47. The van der Waals surface area contributed by atoms with Crippen LogP contribution in [0.5, 0.6) is 6.01 Å². The summed E-state index contributed by atoms with van der Waals surface area (Å²) in [5.74, 6) is 0.401. The van der Waals surface area contributed by atoms with Crippen LogP contribution in [0.1, 0.15) is 32.6 Å². The van der Waals surface area contributed by atoms with E-state index < -0.39 is 0 Å². The van der Waals surface area contributed by atoms with Gasteiger partial charge < -0.3 is 10.5 Å². The summed E-state index contributed by atoms with van der Waals surface area (Å²) in [4.78, 5) is 15.9. The van der Waals surface area contributed by atoms with Crippen LogP contribution in [0.4, 0.5) is 5.95 Å². The highest BCUT2D eigenvalue weighted by atomic mass is 16.5. The summed E-state index contributed by atoms with van der Waals surface area (Å²) in [6.45, 7) is 2.73. The van der Waals surface area contributed by atoms with E-state index in [-0.39, 0.29) is 12.0 Å². The molecule has 102 valence electrons. The van der Waals surface area contributed by atoms with Gasteiger partial charge >= 0.3 is 6.01 Å². The summed E-state index contributed by atoms with van der Waals surface area (Å²) in [6, 6.07) is 0.217. The van der Waals surface area contributed by atoms with Gasteiger partial charge in [-0.25, -0.2) is 4.98 Å². The molecule has 0 atom stereocenters. The van der Waals surface area contributed by atoms with Gasteiger partial charge in [-0.3, -0.25) is 0 Å². The normalized spacial score (nSPS) is 10.6. The van der Waals surface area contributed by atoms with Crippen molar-refractivity contribution >= 4 is 5.95 Å². The van der Waals surface area contributed by atoms with E-state index >= 15 is 0 Å². The Morgan fingerprint density at radius 1 is 1.21 bits per heavy atom. The largest absolute Gasteiger partial charge is 0.463 e. The monoisotopic (exact) mass is 263 g/mol. The molecule has 0 aromatic carbocycles. The lowest BCUT2D eigenvalue weighted by Gasteiger charge is -2.06. The van der Waals surface area contributed by atoms with Crippen LogP contribution in [-0.4, -0.2) is 36.3 Å². The molecule has 0 spiro atoms. The molecule has 0 fully saturated rings. The smallest absolute Gasteiger partial charge is 0.323 e. The maximum absolute atomic E-state index is 5.61. The van der Waals surface area contributed by atoms with Crippen molar-refractivity contribution in [2.45, 2.75) is 32.6 Å². The lowest BCUT2D eigenvalue weighted by atomic mass is 10.2. The highest BCUT2D eigenvalue weighted by molar-refractivity contribution is 5.23. The minimum Gasteiger partial charge on any atom is -0.463 e. The third-order valence-electron chi connectivity index (χ3n) is 2.47. The second-order valence-corrected chi connectivity index (χ2v) is 4.03. The number of nitrogens with zero attached hydrogens (tertiary/aromatic N) is 6. The maximum atomic E-state index is 5.61. The lowest BCUT2D eigenvalue weighted by Crippen LogP contribution is -2.10. The average molecular weight is 263 g/mol. The molecule has 0 aliphatic carbocycles. The van der Waals surface area contributed by atoms with Crippen molar-refractivity contribution < 1.29 is 4.74 Å². The average Bonchev–Trinajstić information content (AvgIpc) is 2.92. The summed E-state index contributed by atoms with van der Waals surface area (Å²) >= 11 is 0. The first-order valence-corrected chi connectivity index (χ1v) is 6.29. The number of hydrogen-bond donors (Lipinski definition) is 1. The van der Waals surface area contributed by atoms with Crippen LogP contribution in [0.25, 0.3) is 5.95 Å². The van der Waals surface area contributed by atoms with E-state index in [0.717, 1.165) is 12.8 Å². The first kappa shape index (κ1) is 13.2. The first-order valence-electron chi connectivity index (χ1n) is 6.29. The molecule has 2 N–H and O–H groups in total. The predicted molar refractivity (Wildman–Crippen MR) is 68.8 cm³/mol. The van der Waals surface area contributed by atoms with E-state index in [4.69, 9.17) is 10.5 Å². The van der Waals surface area contributed by atoms with E-state index in [1.807, 2.05) is 0 Å². The van der Waals surface area contributed by atoms with E-state index in [2.05, 4.69) is 32.0 Å². The summed E-state index contributed by atoms with van der Waals surface area (Å²) in [6.07, 6.45) is 7.37. The van der Waals surface area contributed by atoms with Gasteiger partial charge in [-0.15, -0.1) is 0 Å². The Bertz CT molecular complexity index is 500. The van der Waals surface area contributed by atoms with Crippen LogP contribution in [0.2, 0.25) is 0 Å². The van der Waals surface area contributed by atoms with Gasteiger partial charge in [0.2, 0.25) is 5.95 Å². The number of ether oxygens (including phenoxy) is 1. The third kappa shape index (κ3) is 3.87.